The van der Waals surface area contributed by atoms with Gasteiger partial charge < -0.3 is 15.0 Å². The van der Waals surface area contributed by atoms with E-state index >= 15 is 0 Å². The number of pyridine rings is 1. The van der Waals surface area contributed by atoms with Gasteiger partial charge in [-0.3, -0.25) is 9.59 Å². The highest BCUT2D eigenvalue weighted by atomic mass is 35.5. The van der Waals surface area contributed by atoms with Gasteiger partial charge in [-0.1, -0.05) is 11.6 Å². The van der Waals surface area contributed by atoms with Crippen molar-refractivity contribution >= 4 is 34.1 Å². The van der Waals surface area contributed by atoms with E-state index in [2.05, 4.69) is 10.3 Å². The zero-order valence-electron chi connectivity index (χ0n) is 13.4. The molecule has 0 radical (unpaired) electrons. The lowest BCUT2D eigenvalue weighted by Gasteiger charge is -2.12. The van der Waals surface area contributed by atoms with Crippen molar-refractivity contribution in [3.63, 3.8) is 0 Å². The molecule has 0 aliphatic rings. The van der Waals surface area contributed by atoms with Gasteiger partial charge in [-0.2, -0.15) is 0 Å². The van der Waals surface area contributed by atoms with Crippen LogP contribution < -0.4 is 15.6 Å². The number of anilines is 1. The summed E-state index contributed by atoms with van der Waals surface area (Å²) in [7, 11) is 1.45. The second kappa shape index (κ2) is 6.57. The normalized spacial score (nSPS) is 10.7. The monoisotopic (exact) mass is 360 g/mol. The van der Waals surface area contributed by atoms with E-state index in [0.29, 0.717) is 27.4 Å². The average molecular weight is 361 g/mol. The van der Waals surface area contributed by atoms with Crippen molar-refractivity contribution in [1.82, 2.24) is 4.98 Å². The summed E-state index contributed by atoms with van der Waals surface area (Å²) in [6, 6.07) is 8.60. The van der Waals surface area contributed by atoms with Crippen LogP contribution >= 0.6 is 11.6 Å². The molecule has 128 valence electrons. The van der Waals surface area contributed by atoms with Gasteiger partial charge in [0.1, 0.15) is 17.1 Å². The summed E-state index contributed by atoms with van der Waals surface area (Å²) >= 11 is 6.04. The fourth-order valence-corrected chi connectivity index (χ4v) is 2.62. The first-order valence-electron chi connectivity index (χ1n) is 7.37. The third-order valence-electron chi connectivity index (χ3n) is 3.78. The number of carbonyl (C=O) groups excluding carboxylic acids is 1. The summed E-state index contributed by atoms with van der Waals surface area (Å²) in [5.41, 5.74) is 0.768. The molecule has 5 nitrogen and oxygen atoms in total. The first kappa shape index (κ1) is 17.0. The third-order valence-corrected chi connectivity index (χ3v) is 4.19. The summed E-state index contributed by atoms with van der Waals surface area (Å²) in [6.45, 7) is 1.79. The standard InChI is InChI=1S/C18H14ClFN2O3/c1-9-5-15(16(25-2)8-13(9)19)22-18(24)12-6-10-3-4-11(20)7-14(10)21-17(12)23/h3-8H,1-2H3,(H,21,23)(H,22,24). The van der Waals surface area contributed by atoms with E-state index in [1.807, 2.05) is 0 Å². The van der Waals surface area contributed by atoms with E-state index in [4.69, 9.17) is 16.3 Å². The number of benzene rings is 2. The molecular formula is C18H14ClFN2O3. The number of halogens is 2. The maximum Gasteiger partial charge on any atom is 0.261 e. The summed E-state index contributed by atoms with van der Waals surface area (Å²) in [6.07, 6.45) is 0. The molecule has 1 aromatic heterocycles. The number of H-pyrrole nitrogens is 1. The van der Waals surface area contributed by atoms with Crippen molar-refractivity contribution in [3.8, 4) is 5.75 Å². The molecular weight excluding hydrogens is 347 g/mol. The molecule has 0 aliphatic carbocycles. The van der Waals surface area contributed by atoms with Crippen molar-refractivity contribution in [1.29, 1.82) is 0 Å². The molecule has 0 aliphatic heterocycles. The molecule has 0 atom stereocenters. The number of nitrogens with one attached hydrogen (secondary N) is 2. The highest BCUT2D eigenvalue weighted by Crippen LogP contribution is 2.31. The van der Waals surface area contributed by atoms with Crippen LogP contribution in [0, 0.1) is 12.7 Å². The molecule has 7 heteroatoms. The first-order chi connectivity index (χ1) is 11.9. The van der Waals surface area contributed by atoms with Crippen LogP contribution in [0.25, 0.3) is 10.9 Å². The summed E-state index contributed by atoms with van der Waals surface area (Å²) < 4.78 is 18.4. The molecule has 0 fully saturated rings. The third kappa shape index (κ3) is 3.34. The molecule has 25 heavy (non-hydrogen) atoms. The van der Waals surface area contributed by atoms with Gasteiger partial charge in [0, 0.05) is 11.1 Å². The van der Waals surface area contributed by atoms with E-state index < -0.39 is 17.3 Å². The Bertz CT molecular complexity index is 1050. The predicted octanol–water partition coefficient (Wildman–Crippen LogP) is 3.89. The Labute approximate surface area is 147 Å². The molecule has 2 aromatic carbocycles. The number of hydrogen-bond acceptors (Lipinski definition) is 3. The number of aryl methyl sites for hydroxylation is 1. The minimum atomic E-state index is -0.611. The Morgan fingerprint density at radius 2 is 2.00 bits per heavy atom. The van der Waals surface area contributed by atoms with Crippen LogP contribution in [0.5, 0.6) is 5.75 Å². The van der Waals surface area contributed by atoms with Gasteiger partial charge in [-0.05, 0) is 48.2 Å². The lowest BCUT2D eigenvalue weighted by Crippen LogP contribution is -2.23. The minimum Gasteiger partial charge on any atom is -0.495 e. The van der Waals surface area contributed by atoms with Gasteiger partial charge >= 0.3 is 0 Å². The van der Waals surface area contributed by atoms with Gasteiger partial charge in [-0.15, -0.1) is 0 Å². The van der Waals surface area contributed by atoms with Crippen molar-refractivity contribution in [2.45, 2.75) is 6.92 Å². The SMILES string of the molecule is COc1cc(Cl)c(C)cc1NC(=O)c1cc2ccc(F)cc2[nH]c1=O. The van der Waals surface area contributed by atoms with E-state index in [9.17, 15) is 14.0 Å². The summed E-state index contributed by atoms with van der Waals surface area (Å²) in [4.78, 5) is 27.2. The van der Waals surface area contributed by atoms with Gasteiger partial charge in [0.25, 0.3) is 11.5 Å². The highest BCUT2D eigenvalue weighted by molar-refractivity contribution is 6.31. The van der Waals surface area contributed by atoms with Crippen molar-refractivity contribution < 1.29 is 13.9 Å². The molecule has 3 rings (SSSR count). The van der Waals surface area contributed by atoms with Crippen LogP contribution in [-0.4, -0.2) is 18.0 Å². The molecule has 0 saturated heterocycles. The second-order valence-corrected chi connectivity index (χ2v) is 5.91. The number of methoxy groups -OCH3 is 1. The van der Waals surface area contributed by atoms with Gasteiger partial charge in [-0.25, -0.2) is 4.39 Å². The molecule has 1 heterocycles. The van der Waals surface area contributed by atoms with Gasteiger partial charge in [0.15, 0.2) is 0 Å². The molecule has 0 saturated carbocycles. The number of rotatable bonds is 3. The van der Waals surface area contributed by atoms with E-state index in [1.54, 1.807) is 19.1 Å². The maximum atomic E-state index is 13.2. The fourth-order valence-electron chi connectivity index (χ4n) is 2.46. The van der Waals surface area contributed by atoms with Crippen molar-refractivity contribution in [3.05, 3.63) is 68.7 Å². The average Bonchev–Trinajstić information content (AvgIpc) is 2.57. The number of aromatic amines is 1. The predicted molar refractivity (Wildman–Crippen MR) is 95.2 cm³/mol. The zero-order chi connectivity index (χ0) is 18.1. The lowest BCUT2D eigenvalue weighted by molar-refractivity contribution is 0.102. The number of carbonyl (C=O) groups is 1. The smallest absolute Gasteiger partial charge is 0.261 e. The Morgan fingerprint density at radius 3 is 2.72 bits per heavy atom. The fraction of sp³-hybridized carbons (Fsp3) is 0.111. The first-order valence-corrected chi connectivity index (χ1v) is 7.75. The molecule has 0 spiro atoms. The highest BCUT2D eigenvalue weighted by Gasteiger charge is 2.15. The number of aromatic nitrogens is 1. The van der Waals surface area contributed by atoms with Crippen molar-refractivity contribution in [2.24, 2.45) is 0 Å². The minimum absolute atomic E-state index is 0.0891. The maximum absolute atomic E-state index is 13.2. The molecule has 0 bridgehead atoms. The summed E-state index contributed by atoms with van der Waals surface area (Å²) in [5, 5.41) is 3.69. The van der Waals surface area contributed by atoms with E-state index in [-0.39, 0.29) is 5.56 Å². The number of ether oxygens (including phenoxy) is 1. The Balaban J connectivity index is 2.01. The topological polar surface area (TPSA) is 71.2 Å². The zero-order valence-corrected chi connectivity index (χ0v) is 14.2. The van der Waals surface area contributed by atoms with Crippen LogP contribution in [0.3, 0.4) is 0 Å². The van der Waals surface area contributed by atoms with Gasteiger partial charge in [0.2, 0.25) is 0 Å². The molecule has 0 unspecified atom stereocenters. The quantitative estimate of drug-likeness (QED) is 0.744. The largest absolute Gasteiger partial charge is 0.495 e. The molecule has 3 aromatic rings. The number of fused-ring (bicyclic) bond motifs is 1. The van der Waals surface area contributed by atoms with Crippen LogP contribution in [-0.2, 0) is 0 Å². The Morgan fingerprint density at radius 1 is 1.24 bits per heavy atom. The summed E-state index contributed by atoms with van der Waals surface area (Å²) in [5.74, 6) is -0.697. The second-order valence-electron chi connectivity index (χ2n) is 5.50. The Hall–Kier alpha value is -2.86. The molecule has 1 amide bonds. The lowest BCUT2D eigenvalue weighted by atomic mass is 10.1. The van der Waals surface area contributed by atoms with Gasteiger partial charge in [0.05, 0.1) is 18.3 Å². The van der Waals surface area contributed by atoms with Crippen LogP contribution in [0.4, 0.5) is 10.1 Å². The van der Waals surface area contributed by atoms with E-state index in [0.717, 1.165) is 5.56 Å². The van der Waals surface area contributed by atoms with Crippen LogP contribution in [0.1, 0.15) is 15.9 Å². The Kier molecular flexibility index (Phi) is 4.46. The number of hydrogen-bond donors (Lipinski definition) is 2. The van der Waals surface area contributed by atoms with Crippen LogP contribution in [0.2, 0.25) is 5.02 Å². The van der Waals surface area contributed by atoms with E-state index in [1.165, 1.54) is 31.4 Å². The van der Waals surface area contributed by atoms with Crippen LogP contribution in [0.15, 0.2) is 41.2 Å². The van der Waals surface area contributed by atoms with Crippen molar-refractivity contribution in [2.75, 3.05) is 12.4 Å². The molecule has 2 N–H and O–H groups in total. The number of amides is 1.